The fourth-order valence-electron chi connectivity index (χ4n) is 12.2. The van der Waals surface area contributed by atoms with Crippen molar-refractivity contribution < 1.29 is 28.7 Å². The molecular formula is C98H148N6O6. The SMILES string of the molecule is C.C.C.C.C.C.C.C.C.C.C.C.CC.CCCCOC(=O)C(CC(C)c1ccccc1)CC(C)(CC)C(=O)Nc1ccc(-c2nc(-c3ccccc3)c(-c3ccccc3)[nH]2)cc1.CCCCOC(=O)C(CC(C)c1ccccc1)CC(C)(CC)C(=O)Nc1ccc(-c2nc(-c3ccccc3)c(-c3ccccc3)[nH]2)cc1. The molecule has 0 saturated heterocycles. The number of carbonyl (C=O) groups is 4. The van der Waals surface area contributed by atoms with Gasteiger partial charge in [-0.2, -0.15) is 0 Å². The van der Waals surface area contributed by atoms with Crippen molar-refractivity contribution in [3.05, 3.63) is 242 Å². The molecule has 0 aliphatic rings. The molecule has 6 atom stereocenters. The van der Waals surface area contributed by atoms with Gasteiger partial charge in [-0.15, -0.1) is 0 Å². The number of ether oxygens (including phenoxy) is 2. The fourth-order valence-corrected chi connectivity index (χ4v) is 12.2. The van der Waals surface area contributed by atoms with Gasteiger partial charge >= 0.3 is 11.9 Å². The number of hydrogen-bond donors (Lipinski definition) is 4. The molecule has 0 bridgehead atoms. The minimum absolute atomic E-state index is 0. The summed E-state index contributed by atoms with van der Waals surface area (Å²) in [5.74, 6) is 0.369. The zero-order valence-corrected chi connectivity index (χ0v) is 59.1. The van der Waals surface area contributed by atoms with Crippen LogP contribution in [-0.2, 0) is 28.7 Å². The molecule has 0 fully saturated rings. The highest BCUT2D eigenvalue weighted by molar-refractivity contribution is 5.97. The number of aromatic amines is 2. The molecule has 4 N–H and O–H groups in total. The molecule has 0 aliphatic carbocycles. The van der Waals surface area contributed by atoms with Gasteiger partial charge < -0.3 is 30.1 Å². The van der Waals surface area contributed by atoms with E-state index in [2.05, 4.69) is 121 Å². The van der Waals surface area contributed by atoms with E-state index in [0.717, 1.165) is 93.5 Å². The minimum atomic E-state index is -0.764. The Morgan fingerprint density at radius 1 is 0.373 bits per heavy atom. The Labute approximate surface area is 670 Å². The van der Waals surface area contributed by atoms with Crippen LogP contribution in [0.2, 0.25) is 0 Å². The van der Waals surface area contributed by atoms with Crippen molar-refractivity contribution in [1.82, 2.24) is 19.9 Å². The maximum Gasteiger partial charge on any atom is 0.308 e. The van der Waals surface area contributed by atoms with Crippen LogP contribution in [0.3, 0.4) is 0 Å². The summed E-state index contributed by atoms with van der Waals surface area (Å²) in [6.07, 6.45) is 6.79. The lowest BCUT2D eigenvalue weighted by Gasteiger charge is -2.31. The van der Waals surface area contributed by atoms with Crippen molar-refractivity contribution in [2.45, 2.75) is 234 Å². The lowest BCUT2D eigenvalue weighted by atomic mass is 9.75. The number of unbranched alkanes of at least 4 members (excludes halogenated alkanes) is 2. The average molecular weight is 1510 g/mol. The lowest BCUT2D eigenvalue weighted by molar-refractivity contribution is -0.152. The van der Waals surface area contributed by atoms with Crippen LogP contribution in [0, 0.1) is 22.7 Å². The number of H-pyrrole nitrogens is 2. The second-order valence-corrected chi connectivity index (χ2v) is 25.9. The molecule has 10 aromatic rings. The number of esters is 2. The van der Waals surface area contributed by atoms with E-state index in [1.54, 1.807) is 0 Å². The zero-order chi connectivity index (χ0) is 69.9. The van der Waals surface area contributed by atoms with Gasteiger partial charge in [0.1, 0.15) is 11.6 Å². The van der Waals surface area contributed by atoms with Crippen molar-refractivity contribution in [3.8, 4) is 67.8 Å². The van der Waals surface area contributed by atoms with Crippen LogP contribution in [0.25, 0.3) is 67.8 Å². The topological polar surface area (TPSA) is 168 Å². The Morgan fingerprint density at radius 2 is 0.636 bits per heavy atom. The maximum absolute atomic E-state index is 13.9. The molecule has 110 heavy (non-hydrogen) atoms. The highest BCUT2D eigenvalue weighted by atomic mass is 16.5. The van der Waals surface area contributed by atoms with Gasteiger partial charge in [-0.05, 0) is 123 Å². The van der Waals surface area contributed by atoms with Crippen molar-refractivity contribution in [3.63, 3.8) is 0 Å². The molecule has 2 aromatic heterocycles. The summed E-state index contributed by atoms with van der Waals surface area (Å²) in [6, 6.07) is 76.6. The second-order valence-electron chi connectivity index (χ2n) is 25.9. The van der Waals surface area contributed by atoms with E-state index >= 15 is 0 Å². The number of aromatic nitrogens is 4. The van der Waals surface area contributed by atoms with Gasteiger partial charge in [0.05, 0.1) is 47.8 Å². The number of hydrogen-bond acceptors (Lipinski definition) is 8. The molecule has 2 amide bonds. The number of anilines is 2. The standard InChI is InChI=1S/2C42H47N3O3.C2H6.12CH4/c2*1-5-7-27-48-40(46)35(28-30(3)31-17-11-8-12-18-31)29-42(4,6-2)41(47)43-36-25-23-34(24-26-36)39-44-37(32-19-13-9-14-20-32)38(45-39)33-21-15-10-16-22-33;1-2;;;;;;;;;;;;/h2*8-26,30,35H,5-7,27-29H2,1-4H3,(H,43,47)(H,44,45);1-2H3;12*1H4. The molecule has 0 saturated carbocycles. The molecule has 12 heteroatoms. The summed E-state index contributed by atoms with van der Waals surface area (Å²) in [6.45, 7) is 21.2. The number of rotatable bonds is 30. The van der Waals surface area contributed by atoms with Crippen LogP contribution < -0.4 is 10.6 Å². The van der Waals surface area contributed by atoms with Crippen molar-refractivity contribution in [2.24, 2.45) is 22.7 Å². The predicted octanol–water partition coefficient (Wildman–Crippen LogP) is 29.3. The fraction of sp³-hybridized carbons (Fsp3) is 0.408. The van der Waals surface area contributed by atoms with Crippen molar-refractivity contribution in [2.75, 3.05) is 23.8 Å². The zero-order valence-electron chi connectivity index (χ0n) is 59.1. The largest absolute Gasteiger partial charge is 0.465 e. The highest BCUT2D eigenvalue weighted by Gasteiger charge is 2.40. The Bertz CT molecular complexity index is 3650. The molecule has 12 nitrogen and oxygen atoms in total. The van der Waals surface area contributed by atoms with Gasteiger partial charge in [0.2, 0.25) is 11.8 Å². The quantitative estimate of drug-likeness (QED) is 0.0255. The van der Waals surface area contributed by atoms with Gasteiger partial charge in [0.15, 0.2) is 0 Å². The third kappa shape index (κ3) is 29.8. The maximum atomic E-state index is 13.9. The van der Waals surface area contributed by atoms with Gasteiger partial charge in [0.25, 0.3) is 0 Å². The van der Waals surface area contributed by atoms with E-state index in [0.29, 0.717) is 63.1 Å². The number of nitrogens with one attached hydrogen (secondary N) is 4. The van der Waals surface area contributed by atoms with E-state index in [1.165, 1.54) is 11.1 Å². The molecule has 0 radical (unpaired) electrons. The molecule has 0 aliphatic heterocycles. The van der Waals surface area contributed by atoms with E-state index in [4.69, 9.17) is 19.4 Å². The summed E-state index contributed by atoms with van der Waals surface area (Å²) < 4.78 is 11.4. The van der Waals surface area contributed by atoms with E-state index in [-0.39, 0.29) is 125 Å². The van der Waals surface area contributed by atoms with Crippen LogP contribution in [-0.4, -0.2) is 56.9 Å². The van der Waals surface area contributed by atoms with Gasteiger partial charge in [-0.1, -0.05) is 353 Å². The van der Waals surface area contributed by atoms with Crippen LogP contribution in [0.4, 0.5) is 11.4 Å². The van der Waals surface area contributed by atoms with E-state index < -0.39 is 22.7 Å². The number of amides is 2. The number of nitrogens with zero attached hydrogens (tertiary/aromatic N) is 2. The Hall–Kier alpha value is -9.94. The Morgan fingerprint density at radius 3 is 0.900 bits per heavy atom. The van der Waals surface area contributed by atoms with Crippen LogP contribution in [0.15, 0.2) is 231 Å². The molecular weight excluding hydrogens is 1360 g/mol. The van der Waals surface area contributed by atoms with Crippen LogP contribution in [0.1, 0.15) is 246 Å². The number of imidazole rings is 2. The first-order valence-corrected chi connectivity index (χ1v) is 35.3. The first-order valence-electron chi connectivity index (χ1n) is 35.3. The van der Waals surface area contributed by atoms with Gasteiger partial charge in [-0.3, -0.25) is 19.2 Å². The Balaban J connectivity index is -0.000000590. The summed E-state index contributed by atoms with van der Waals surface area (Å²) in [5.41, 5.74) is 11.9. The third-order valence-corrected chi connectivity index (χ3v) is 18.7. The first kappa shape index (κ1) is 109. The Kier molecular flexibility index (Phi) is 54.0. The summed E-state index contributed by atoms with van der Waals surface area (Å²) in [4.78, 5) is 71.6. The lowest BCUT2D eigenvalue weighted by Crippen LogP contribution is -2.37. The summed E-state index contributed by atoms with van der Waals surface area (Å²) in [7, 11) is 0. The van der Waals surface area contributed by atoms with Crippen molar-refractivity contribution in [1.29, 1.82) is 0 Å². The minimum Gasteiger partial charge on any atom is -0.465 e. The monoisotopic (exact) mass is 1510 g/mol. The first-order chi connectivity index (χ1) is 47.6. The van der Waals surface area contributed by atoms with Crippen LogP contribution in [0.5, 0.6) is 0 Å². The van der Waals surface area contributed by atoms with E-state index in [9.17, 15) is 19.2 Å². The number of benzene rings is 8. The molecule has 6 unspecified atom stereocenters. The number of carbonyl (C=O) groups excluding carboxylic acids is 4. The highest BCUT2D eigenvalue weighted by Crippen LogP contribution is 2.41. The smallest absolute Gasteiger partial charge is 0.308 e. The molecule has 606 valence electrons. The molecule has 8 aromatic carbocycles. The van der Waals surface area contributed by atoms with Gasteiger partial charge in [-0.25, -0.2) is 9.97 Å². The third-order valence-electron chi connectivity index (χ3n) is 18.7. The molecule has 10 rings (SSSR count). The average Bonchev–Trinajstić information content (AvgIpc) is 1.62. The molecule has 0 spiro atoms. The predicted molar refractivity (Wildman–Crippen MR) is 483 cm³/mol. The summed E-state index contributed by atoms with van der Waals surface area (Å²) in [5, 5.41) is 6.28. The normalized spacial score (nSPS) is 12.0. The second kappa shape index (κ2) is 54.6. The van der Waals surface area contributed by atoms with Crippen molar-refractivity contribution >= 4 is 35.1 Å². The van der Waals surface area contributed by atoms with Crippen LogP contribution >= 0.6 is 0 Å². The molecule has 2 heterocycles. The van der Waals surface area contributed by atoms with Gasteiger partial charge in [0, 0.05) is 55.6 Å². The van der Waals surface area contributed by atoms with E-state index in [1.807, 2.05) is 199 Å². The summed E-state index contributed by atoms with van der Waals surface area (Å²) >= 11 is 0.